The van der Waals surface area contributed by atoms with Crippen LogP contribution in [0.3, 0.4) is 0 Å². The zero-order valence-corrected chi connectivity index (χ0v) is 14.2. The largest absolute Gasteiger partial charge is 0.350 e. The molecule has 1 saturated heterocycles. The van der Waals surface area contributed by atoms with Crippen LogP contribution < -0.4 is 10.6 Å². The summed E-state index contributed by atoms with van der Waals surface area (Å²) in [5.41, 5.74) is 0.387. The SMILES string of the molecule is Cl.O=C(NCc1cccc(Cl)c1)C1(n2cccn2)CCNCC1. The Morgan fingerprint density at radius 1 is 1.35 bits per heavy atom. The first kappa shape index (κ1) is 17.8. The Hall–Kier alpha value is -1.56. The molecule has 0 radical (unpaired) electrons. The van der Waals surface area contributed by atoms with Crippen LogP contribution in [0.25, 0.3) is 0 Å². The van der Waals surface area contributed by atoms with Gasteiger partial charge in [-0.25, -0.2) is 0 Å². The number of nitrogens with one attached hydrogen (secondary N) is 2. The maximum atomic E-state index is 12.8. The normalized spacial score (nSPS) is 16.4. The fourth-order valence-corrected chi connectivity index (χ4v) is 3.13. The van der Waals surface area contributed by atoms with Crippen LogP contribution in [0.4, 0.5) is 0 Å². The first-order chi connectivity index (χ1) is 10.7. The number of rotatable bonds is 4. The van der Waals surface area contributed by atoms with E-state index in [9.17, 15) is 4.79 Å². The number of carbonyl (C=O) groups excluding carboxylic acids is 1. The van der Waals surface area contributed by atoms with Gasteiger partial charge in [-0.15, -0.1) is 12.4 Å². The molecule has 0 saturated carbocycles. The number of aromatic nitrogens is 2. The highest BCUT2D eigenvalue weighted by atomic mass is 35.5. The summed E-state index contributed by atoms with van der Waals surface area (Å²) in [4.78, 5) is 12.8. The summed E-state index contributed by atoms with van der Waals surface area (Å²) in [6.07, 6.45) is 5.05. The lowest BCUT2D eigenvalue weighted by Gasteiger charge is -2.36. The fraction of sp³-hybridized carbons (Fsp3) is 0.375. The van der Waals surface area contributed by atoms with Crippen molar-refractivity contribution in [3.63, 3.8) is 0 Å². The maximum Gasteiger partial charge on any atom is 0.248 e. The van der Waals surface area contributed by atoms with Crippen molar-refractivity contribution >= 4 is 29.9 Å². The third kappa shape index (κ3) is 3.86. The summed E-state index contributed by atoms with van der Waals surface area (Å²) in [5, 5.41) is 11.3. The third-order valence-electron chi connectivity index (χ3n) is 4.14. The lowest BCUT2D eigenvalue weighted by atomic mass is 9.87. The van der Waals surface area contributed by atoms with Gasteiger partial charge in [-0.3, -0.25) is 9.48 Å². The van der Waals surface area contributed by atoms with Gasteiger partial charge >= 0.3 is 0 Å². The van der Waals surface area contributed by atoms with Crippen molar-refractivity contribution in [2.45, 2.75) is 24.9 Å². The molecule has 5 nitrogen and oxygen atoms in total. The second-order valence-corrected chi connectivity index (χ2v) is 5.98. The van der Waals surface area contributed by atoms with Crippen molar-refractivity contribution in [3.05, 3.63) is 53.3 Å². The van der Waals surface area contributed by atoms with Crippen molar-refractivity contribution < 1.29 is 4.79 Å². The van der Waals surface area contributed by atoms with Crippen LogP contribution in [0.2, 0.25) is 5.02 Å². The van der Waals surface area contributed by atoms with Crippen molar-refractivity contribution in [1.29, 1.82) is 0 Å². The second-order valence-electron chi connectivity index (χ2n) is 5.54. The predicted molar refractivity (Wildman–Crippen MR) is 92.9 cm³/mol. The van der Waals surface area contributed by atoms with E-state index >= 15 is 0 Å². The van der Waals surface area contributed by atoms with E-state index in [-0.39, 0.29) is 18.3 Å². The minimum Gasteiger partial charge on any atom is -0.350 e. The molecule has 2 N–H and O–H groups in total. The Bertz CT molecular complexity index is 639. The van der Waals surface area contributed by atoms with E-state index < -0.39 is 5.54 Å². The molecule has 0 aliphatic carbocycles. The Labute approximate surface area is 146 Å². The van der Waals surface area contributed by atoms with E-state index in [1.54, 1.807) is 10.9 Å². The molecule has 0 unspecified atom stereocenters. The van der Waals surface area contributed by atoms with Gasteiger partial charge in [-0.1, -0.05) is 23.7 Å². The highest BCUT2D eigenvalue weighted by Gasteiger charge is 2.41. The Balaban J connectivity index is 0.00000192. The molecular formula is C16H20Cl2N4O. The van der Waals surface area contributed by atoms with Crippen molar-refractivity contribution in [2.24, 2.45) is 0 Å². The zero-order valence-electron chi connectivity index (χ0n) is 12.7. The highest BCUT2D eigenvalue weighted by molar-refractivity contribution is 6.30. The lowest BCUT2D eigenvalue weighted by molar-refractivity contribution is -0.132. The lowest BCUT2D eigenvalue weighted by Crippen LogP contribution is -2.54. The number of nitrogens with zero attached hydrogens (tertiary/aromatic N) is 2. The second kappa shape index (κ2) is 7.81. The minimum absolute atomic E-state index is 0. The summed E-state index contributed by atoms with van der Waals surface area (Å²) >= 11 is 5.98. The average molecular weight is 355 g/mol. The highest BCUT2D eigenvalue weighted by Crippen LogP contribution is 2.27. The summed E-state index contributed by atoms with van der Waals surface area (Å²) in [6, 6.07) is 9.39. The van der Waals surface area contributed by atoms with Gasteiger partial charge in [0.1, 0.15) is 5.54 Å². The summed E-state index contributed by atoms with van der Waals surface area (Å²) in [6.45, 7) is 2.09. The topological polar surface area (TPSA) is 59.0 Å². The molecule has 124 valence electrons. The van der Waals surface area contributed by atoms with Gasteiger partial charge in [-0.2, -0.15) is 5.10 Å². The van der Waals surface area contributed by atoms with E-state index in [1.807, 2.05) is 36.5 Å². The first-order valence-corrected chi connectivity index (χ1v) is 7.82. The molecule has 1 aliphatic rings. The van der Waals surface area contributed by atoms with Gasteiger partial charge in [-0.05, 0) is 49.7 Å². The first-order valence-electron chi connectivity index (χ1n) is 7.44. The van der Waals surface area contributed by atoms with Crippen molar-refractivity contribution in [3.8, 4) is 0 Å². The van der Waals surface area contributed by atoms with Gasteiger partial charge in [0.25, 0.3) is 0 Å². The van der Waals surface area contributed by atoms with Crippen molar-refractivity contribution in [2.75, 3.05) is 13.1 Å². The monoisotopic (exact) mass is 354 g/mol. The maximum absolute atomic E-state index is 12.8. The molecule has 1 aliphatic heterocycles. The van der Waals surface area contributed by atoms with Crippen LogP contribution >= 0.6 is 24.0 Å². The van der Waals surface area contributed by atoms with Crippen molar-refractivity contribution in [1.82, 2.24) is 20.4 Å². The molecule has 1 aromatic heterocycles. The van der Waals surface area contributed by atoms with Gasteiger partial charge in [0, 0.05) is 24.0 Å². The number of piperidine rings is 1. The molecule has 3 rings (SSSR count). The van der Waals surface area contributed by atoms with Crippen LogP contribution in [-0.4, -0.2) is 28.8 Å². The fourth-order valence-electron chi connectivity index (χ4n) is 2.92. The number of hydrogen-bond acceptors (Lipinski definition) is 3. The van der Waals surface area contributed by atoms with Crippen LogP contribution in [0.5, 0.6) is 0 Å². The quantitative estimate of drug-likeness (QED) is 0.885. The van der Waals surface area contributed by atoms with Gasteiger partial charge in [0.05, 0.1) is 0 Å². The van der Waals surface area contributed by atoms with E-state index in [4.69, 9.17) is 11.6 Å². The van der Waals surface area contributed by atoms with Gasteiger partial charge < -0.3 is 10.6 Å². The molecule has 2 aromatic rings. The van der Waals surface area contributed by atoms with Crippen LogP contribution in [-0.2, 0) is 16.9 Å². The van der Waals surface area contributed by atoms with E-state index in [0.29, 0.717) is 11.6 Å². The van der Waals surface area contributed by atoms with Gasteiger partial charge in [0.2, 0.25) is 5.91 Å². The Kier molecular flexibility index (Phi) is 6.04. The predicted octanol–water partition coefficient (Wildman–Crippen LogP) is 2.35. The Morgan fingerprint density at radius 2 is 2.13 bits per heavy atom. The number of halogens is 2. The smallest absolute Gasteiger partial charge is 0.248 e. The molecule has 7 heteroatoms. The Morgan fingerprint density at radius 3 is 2.78 bits per heavy atom. The van der Waals surface area contributed by atoms with E-state index in [2.05, 4.69) is 15.7 Å². The summed E-state index contributed by atoms with van der Waals surface area (Å²) in [5.74, 6) is 0.0117. The summed E-state index contributed by atoms with van der Waals surface area (Å²) in [7, 11) is 0. The minimum atomic E-state index is -0.604. The average Bonchev–Trinajstić information content (AvgIpc) is 3.08. The molecule has 1 amide bonds. The van der Waals surface area contributed by atoms with Crippen LogP contribution in [0.1, 0.15) is 18.4 Å². The molecule has 23 heavy (non-hydrogen) atoms. The number of hydrogen-bond donors (Lipinski definition) is 2. The molecule has 1 aromatic carbocycles. The standard InChI is InChI=1S/C16H19ClN4O.ClH/c17-14-4-1-3-13(11-14)12-19-15(22)16(5-8-18-9-6-16)21-10-2-7-20-21;/h1-4,7,10-11,18H,5-6,8-9,12H2,(H,19,22);1H. The zero-order chi connectivity index (χ0) is 15.4. The molecule has 0 bridgehead atoms. The third-order valence-corrected chi connectivity index (χ3v) is 4.37. The number of carbonyl (C=O) groups is 1. The number of benzene rings is 1. The molecule has 0 spiro atoms. The van der Waals surface area contributed by atoms with E-state index in [0.717, 1.165) is 31.5 Å². The molecule has 1 fully saturated rings. The molecular weight excluding hydrogens is 335 g/mol. The molecule has 0 atom stereocenters. The van der Waals surface area contributed by atoms with Crippen LogP contribution in [0.15, 0.2) is 42.7 Å². The summed E-state index contributed by atoms with van der Waals surface area (Å²) < 4.78 is 1.79. The molecule has 2 heterocycles. The van der Waals surface area contributed by atoms with Gasteiger partial charge in [0.15, 0.2) is 0 Å². The van der Waals surface area contributed by atoms with Crippen LogP contribution in [0, 0.1) is 0 Å². The number of amides is 1. The van der Waals surface area contributed by atoms with E-state index in [1.165, 1.54) is 0 Å².